The molecule has 1 fully saturated rings. The van der Waals surface area contributed by atoms with Crippen LogP contribution in [0.5, 0.6) is 11.5 Å². The molecule has 2 N–H and O–H groups in total. The van der Waals surface area contributed by atoms with E-state index in [1.54, 1.807) is 48.7 Å². The maximum absolute atomic E-state index is 12.9. The van der Waals surface area contributed by atoms with Gasteiger partial charge in [0, 0.05) is 37.9 Å². The fraction of sp³-hybridized carbons (Fsp3) is 0.280. The number of hydrogen-bond acceptors (Lipinski definition) is 7. The number of hydrogen-bond donors (Lipinski definition) is 2. The lowest BCUT2D eigenvalue weighted by Crippen LogP contribution is -2.48. The molecule has 0 aliphatic carbocycles. The molecule has 0 spiro atoms. The fourth-order valence-electron chi connectivity index (χ4n) is 4.08. The largest absolute Gasteiger partial charge is 0.468 e. The molecule has 34 heavy (non-hydrogen) atoms. The molecule has 0 radical (unpaired) electrons. The molecule has 2 aliphatic rings. The first-order chi connectivity index (χ1) is 16.6. The quantitative estimate of drug-likeness (QED) is 0.557. The molecule has 3 aromatic rings. The molecule has 3 heterocycles. The summed E-state index contributed by atoms with van der Waals surface area (Å²) >= 11 is 0. The number of nitrogens with one attached hydrogen (secondary N) is 2. The summed E-state index contributed by atoms with van der Waals surface area (Å²) in [5.74, 6) is 1.71. The van der Waals surface area contributed by atoms with Crippen molar-refractivity contribution in [1.82, 2.24) is 9.80 Å². The lowest BCUT2D eigenvalue weighted by Gasteiger charge is -2.33. The Morgan fingerprint density at radius 2 is 1.65 bits per heavy atom. The summed E-state index contributed by atoms with van der Waals surface area (Å²) < 4.78 is 16.1. The third-order valence-electron chi connectivity index (χ3n) is 5.87. The van der Waals surface area contributed by atoms with Crippen molar-refractivity contribution in [1.29, 1.82) is 0 Å². The van der Waals surface area contributed by atoms with E-state index in [2.05, 4.69) is 20.4 Å². The number of para-hydroxylation sites is 1. The van der Waals surface area contributed by atoms with Gasteiger partial charge >= 0.3 is 0 Å². The van der Waals surface area contributed by atoms with Crippen LogP contribution in [0.4, 0.5) is 11.4 Å². The van der Waals surface area contributed by atoms with Gasteiger partial charge < -0.3 is 24.5 Å². The fourth-order valence-corrected chi connectivity index (χ4v) is 4.08. The minimum atomic E-state index is -0.318. The first kappa shape index (κ1) is 22.0. The molecule has 2 aromatic carbocycles. The van der Waals surface area contributed by atoms with E-state index in [9.17, 15) is 9.59 Å². The zero-order valence-corrected chi connectivity index (χ0v) is 18.7. The van der Waals surface area contributed by atoms with Crippen molar-refractivity contribution >= 4 is 23.2 Å². The molecule has 0 atom stereocenters. The average Bonchev–Trinajstić information content (AvgIpc) is 3.52. The number of carbonyl (C=O) groups is 2. The Kier molecular flexibility index (Phi) is 6.46. The molecule has 176 valence electrons. The van der Waals surface area contributed by atoms with Crippen LogP contribution in [0.1, 0.15) is 16.1 Å². The summed E-state index contributed by atoms with van der Waals surface area (Å²) in [6, 6.07) is 16.1. The molecule has 5 rings (SSSR count). The van der Waals surface area contributed by atoms with Crippen LogP contribution in [0.25, 0.3) is 0 Å². The van der Waals surface area contributed by atoms with Gasteiger partial charge in [-0.25, -0.2) is 0 Å². The monoisotopic (exact) mass is 462 g/mol. The predicted octanol–water partition coefficient (Wildman–Crippen LogP) is 3.02. The summed E-state index contributed by atoms with van der Waals surface area (Å²) in [6.07, 6.45) is 1.68. The van der Waals surface area contributed by atoms with E-state index in [4.69, 9.17) is 13.9 Å². The molecule has 2 amide bonds. The number of benzene rings is 2. The molecule has 0 unspecified atom stereocenters. The molecule has 9 heteroatoms. The minimum Gasteiger partial charge on any atom is -0.468 e. The molecule has 2 aliphatic heterocycles. The Balaban J connectivity index is 1.15. The summed E-state index contributed by atoms with van der Waals surface area (Å²) in [4.78, 5) is 30.1. The zero-order valence-electron chi connectivity index (χ0n) is 18.7. The number of amides is 2. The SMILES string of the molecule is O=C(CN1CCN(Cc2ccco2)CC1)Nc1ccccc1C(=O)Nc1ccc2c(c1)OCO2. The highest BCUT2D eigenvalue weighted by Crippen LogP contribution is 2.34. The van der Waals surface area contributed by atoms with Crippen LogP contribution >= 0.6 is 0 Å². The van der Waals surface area contributed by atoms with Gasteiger partial charge in [-0.05, 0) is 36.4 Å². The summed E-state index contributed by atoms with van der Waals surface area (Å²) in [5, 5.41) is 5.76. The number of piperazine rings is 1. The topological polar surface area (TPSA) is 96.3 Å². The van der Waals surface area contributed by atoms with Crippen molar-refractivity contribution in [2.45, 2.75) is 6.54 Å². The van der Waals surface area contributed by atoms with E-state index in [0.717, 1.165) is 38.5 Å². The van der Waals surface area contributed by atoms with Gasteiger partial charge in [0.25, 0.3) is 5.91 Å². The third kappa shape index (κ3) is 5.22. The van der Waals surface area contributed by atoms with Crippen molar-refractivity contribution in [3.8, 4) is 11.5 Å². The van der Waals surface area contributed by atoms with Gasteiger partial charge in [0.15, 0.2) is 11.5 Å². The van der Waals surface area contributed by atoms with Crippen LogP contribution in [0.3, 0.4) is 0 Å². The van der Waals surface area contributed by atoms with Crippen LogP contribution in [-0.4, -0.2) is 61.1 Å². The second-order valence-corrected chi connectivity index (χ2v) is 8.25. The van der Waals surface area contributed by atoms with E-state index >= 15 is 0 Å². The van der Waals surface area contributed by atoms with Gasteiger partial charge in [-0.1, -0.05) is 12.1 Å². The Morgan fingerprint density at radius 3 is 2.47 bits per heavy atom. The number of rotatable bonds is 7. The Hall–Kier alpha value is -3.82. The molecular weight excluding hydrogens is 436 g/mol. The van der Waals surface area contributed by atoms with Crippen LogP contribution in [0.15, 0.2) is 65.3 Å². The van der Waals surface area contributed by atoms with Crippen molar-refractivity contribution in [3.05, 3.63) is 72.2 Å². The van der Waals surface area contributed by atoms with Gasteiger partial charge in [0.1, 0.15) is 5.76 Å². The predicted molar refractivity (Wildman–Crippen MR) is 126 cm³/mol. The Morgan fingerprint density at radius 1 is 0.853 bits per heavy atom. The standard InChI is InChI=1S/C25H26N4O5/c30-24(16-29-11-9-28(10-12-29)15-19-4-3-13-32-19)27-21-6-2-1-5-20(21)25(31)26-18-7-8-22-23(14-18)34-17-33-22/h1-8,13-14H,9-12,15-17H2,(H,26,31)(H,27,30). The van der Waals surface area contributed by atoms with Gasteiger partial charge in [-0.15, -0.1) is 0 Å². The minimum absolute atomic E-state index is 0.150. The molecule has 0 bridgehead atoms. The summed E-state index contributed by atoms with van der Waals surface area (Å²) in [6.45, 7) is 4.53. The van der Waals surface area contributed by atoms with Crippen LogP contribution in [0.2, 0.25) is 0 Å². The first-order valence-corrected chi connectivity index (χ1v) is 11.2. The van der Waals surface area contributed by atoms with E-state index in [1.165, 1.54) is 0 Å². The van der Waals surface area contributed by atoms with Crippen LogP contribution < -0.4 is 20.1 Å². The van der Waals surface area contributed by atoms with Crippen LogP contribution in [0, 0.1) is 0 Å². The third-order valence-corrected chi connectivity index (χ3v) is 5.87. The van der Waals surface area contributed by atoms with Gasteiger partial charge in [-0.2, -0.15) is 0 Å². The molecule has 9 nitrogen and oxygen atoms in total. The van der Waals surface area contributed by atoms with Crippen molar-refractivity contribution in [2.24, 2.45) is 0 Å². The summed E-state index contributed by atoms with van der Waals surface area (Å²) in [5.41, 5.74) is 1.45. The number of anilines is 2. The second-order valence-electron chi connectivity index (χ2n) is 8.25. The smallest absolute Gasteiger partial charge is 0.257 e. The highest BCUT2D eigenvalue weighted by molar-refractivity contribution is 6.10. The van der Waals surface area contributed by atoms with E-state index in [1.807, 2.05) is 12.1 Å². The highest BCUT2D eigenvalue weighted by atomic mass is 16.7. The molecular formula is C25H26N4O5. The maximum atomic E-state index is 12.9. The highest BCUT2D eigenvalue weighted by Gasteiger charge is 2.21. The Labute approximate surface area is 197 Å². The first-order valence-electron chi connectivity index (χ1n) is 11.2. The molecule has 1 saturated heterocycles. The van der Waals surface area contributed by atoms with E-state index in [0.29, 0.717) is 28.4 Å². The number of nitrogens with zero attached hydrogens (tertiary/aromatic N) is 2. The molecule has 1 aromatic heterocycles. The number of furan rings is 1. The van der Waals surface area contributed by atoms with Crippen molar-refractivity contribution in [2.75, 3.05) is 50.2 Å². The lowest BCUT2D eigenvalue weighted by atomic mass is 10.1. The van der Waals surface area contributed by atoms with Gasteiger partial charge in [0.2, 0.25) is 12.7 Å². The van der Waals surface area contributed by atoms with Crippen LogP contribution in [-0.2, 0) is 11.3 Å². The van der Waals surface area contributed by atoms with E-state index in [-0.39, 0.29) is 25.2 Å². The number of ether oxygens (including phenoxy) is 2. The number of carbonyl (C=O) groups excluding carboxylic acids is 2. The summed E-state index contributed by atoms with van der Waals surface area (Å²) in [7, 11) is 0. The maximum Gasteiger partial charge on any atom is 0.257 e. The van der Waals surface area contributed by atoms with Gasteiger partial charge in [0.05, 0.1) is 30.6 Å². The normalized spacial score (nSPS) is 15.8. The Bertz CT molecular complexity index is 1160. The van der Waals surface area contributed by atoms with Crippen molar-refractivity contribution in [3.63, 3.8) is 0 Å². The van der Waals surface area contributed by atoms with Crippen molar-refractivity contribution < 1.29 is 23.5 Å². The zero-order chi connectivity index (χ0) is 23.3. The second kappa shape index (κ2) is 9.98. The average molecular weight is 463 g/mol. The van der Waals surface area contributed by atoms with Gasteiger partial charge in [-0.3, -0.25) is 19.4 Å². The molecule has 0 saturated carbocycles. The van der Waals surface area contributed by atoms with E-state index < -0.39 is 0 Å². The lowest BCUT2D eigenvalue weighted by molar-refractivity contribution is -0.117. The number of fused-ring (bicyclic) bond motifs is 1.